The van der Waals surface area contributed by atoms with Crippen molar-refractivity contribution in [1.82, 2.24) is 0 Å². The lowest BCUT2D eigenvalue weighted by Gasteiger charge is -2.47. The molecule has 1 heteroatoms. The first-order valence-corrected chi connectivity index (χ1v) is 7.31. The number of rotatable bonds is 7. The van der Waals surface area contributed by atoms with Crippen molar-refractivity contribution < 1.29 is 0 Å². The van der Waals surface area contributed by atoms with Gasteiger partial charge in [-0.15, -0.1) is 0 Å². The van der Waals surface area contributed by atoms with E-state index in [4.69, 9.17) is 0 Å². The van der Waals surface area contributed by atoms with Gasteiger partial charge in [-0.05, 0) is 36.0 Å². The third-order valence-electron chi connectivity index (χ3n) is 4.95. The molecule has 96 valence electrons. The van der Waals surface area contributed by atoms with E-state index in [0.717, 1.165) is 23.6 Å². The minimum absolute atomic E-state index is 0.553. The highest BCUT2D eigenvalue weighted by Gasteiger charge is 2.40. The average Bonchev–Trinajstić information content (AvgIpc) is 2.23. The van der Waals surface area contributed by atoms with Crippen LogP contribution in [-0.2, 0) is 0 Å². The van der Waals surface area contributed by atoms with Gasteiger partial charge in [0.1, 0.15) is 7.85 Å². The van der Waals surface area contributed by atoms with Gasteiger partial charge in [0.2, 0.25) is 0 Å². The van der Waals surface area contributed by atoms with Crippen LogP contribution in [0, 0.1) is 23.2 Å². The molecule has 0 aromatic carbocycles. The van der Waals surface area contributed by atoms with Gasteiger partial charge in [-0.25, -0.2) is 0 Å². The third kappa shape index (κ3) is 3.53. The van der Waals surface area contributed by atoms with Crippen molar-refractivity contribution in [3.63, 3.8) is 0 Å². The molecule has 0 saturated carbocycles. The summed E-state index contributed by atoms with van der Waals surface area (Å²) >= 11 is 0. The first-order chi connectivity index (χ1) is 7.31. The van der Waals surface area contributed by atoms with Gasteiger partial charge in [-0.2, -0.15) is 0 Å². The fraction of sp³-hybridized carbons (Fsp3) is 1.00. The van der Waals surface area contributed by atoms with Gasteiger partial charge < -0.3 is 0 Å². The van der Waals surface area contributed by atoms with Crippen LogP contribution in [0.5, 0.6) is 0 Å². The minimum Gasteiger partial charge on any atom is -0.0695 e. The summed E-state index contributed by atoms with van der Waals surface area (Å²) in [4.78, 5) is 0. The molecule has 0 aliphatic carbocycles. The van der Waals surface area contributed by atoms with E-state index < -0.39 is 0 Å². The quantitative estimate of drug-likeness (QED) is 0.556. The summed E-state index contributed by atoms with van der Waals surface area (Å²) in [6.07, 6.45) is 4.04. The van der Waals surface area contributed by atoms with Gasteiger partial charge in [-0.3, -0.25) is 0 Å². The van der Waals surface area contributed by atoms with Crippen LogP contribution < -0.4 is 0 Å². The highest BCUT2D eigenvalue weighted by atomic mass is 14.4. The Bertz CT molecular complexity index is 186. The number of hydrogen-bond acceptors (Lipinski definition) is 0. The number of hydrogen-bond donors (Lipinski definition) is 0. The second-order valence-electron chi connectivity index (χ2n) is 6.53. The van der Waals surface area contributed by atoms with Crippen LogP contribution in [0.1, 0.15) is 67.7 Å². The molecule has 0 amide bonds. The standard InChI is InChI=1S/C15H33B/c1-8-12(5)15(9-2,10-11(3)4)13(6)14(7)16/h11-14H,8-10,16H2,1-7H3. The summed E-state index contributed by atoms with van der Waals surface area (Å²) in [5.41, 5.74) is 0.553. The van der Waals surface area contributed by atoms with Crippen LogP contribution in [0.15, 0.2) is 0 Å². The van der Waals surface area contributed by atoms with E-state index >= 15 is 0 Å². The molecule has 0 saturated heterocycles. The van der Waals surface area contributed by atoms with Crippen molar-refractivity contribution in [1.29, 1.82) is 0 Å². The Kier molecular flexibility index (Phi) is 6.74. The fourth-order valence-corrected chi connectivity index (χ4v) is 3.48. The van der Waals surface area contributed by atoms with Crippen molar-refractivity contribution in [2.45, 2.75) is 73.5 Å². The molecule has 0 aliphatic rings. The van der Waals surface area contributed by atoms with Crippen molar-refractivity contribution in [3.05, 3.63) is 0 Å². The van der Waals surface area contributed by atoms with E-state index in [1.54, 1.807) is 0 Å². The Morgan fingerprint density at radius 1 is 1.00 bits per heavy atom. The smallest absolute Gasteiger partial charge is 0.0695 e. The van der Waals surface area contributed by atoms with Crippen LogP contribution in [-0.4, -0.2) is 7.85 Å². The summed E-state index contributed by atoms with van der Waals surface area (Å²) in [5, 5.41) is 0. The van der Waals surface area contributed by atoms with E-state index in [0.29, 0.717) is 5.41 Å². The molecule has 0 aliphatic heterocycles. The molecule has 0 nitrogen and oxygen atoms in total. The highest BCUT2D eigenvalue weighted by molar-refractivity contribution is 6.11. The maximum absolute atomic E-state index is 2.47. The van der Waals surface area contributed by atoms with E-state index in [-0.39, 0.29) is 0 Å². The summed E-state index contributed by atoms with van der Waals surface area (Å²) in [6, 6.07) is 0. The molecule has 0 N–H and O–H groups in total. The molecule has 0 radical (unpaired) electrons. The van der Waals surface area contributed by atoms with Gasteiger partial charge in [0, 0.05) is 0 Å². The van der Waals surface area contributed by atoms with Crippen molar-refractivity contribution in [2.75, 3.05) is 0 Å². The largest absolute Gasteiger partial charge is 0.105 e. The zero-order valence-corrected chi connectivity index (χ0v) is 12.9. The van der Waals surface area contributed by atoms with E-state index in [1.807, 2.05) is 0 Å². The first-order valence-electron chi connectivity index (χ1n) is 7.31. The normalized spacial score (nSPS) is 21.5. The Labute approximate surface area is 105 Å². The van der Waals surface area contributed by atoms with Crippen LogP contribution in [0.3, 0.4) is 0 Å². The minimum atomic E-state index is 0.553. The molecule has 0 fully saturated rings. The van der Waals surface area contributed by atoms with E-state index in [9.17, 15) is 0 Å². The lowest BCUT2D eigenvalue weighted by molar-refractivity contribution is 0.0512. The molecule has 0 bridgehead atoms. The Morgan fingerprint density at radius 3 is 1.75 bits per heavy atom. The molecule has 0 spiro atoms. The monoisotopic (exact) mass is 224 g/mol. The maximum Gasteiger partial charge on any atom is 0.105 e. The molecule has 16 heavy (non-hydrogen) atoms. The Balaban J connectivity index is 5.09. The molecule has 4 atom stereocenters. The average molecular weight is 224 g/mol. The summed E-state index contributed by atoms with van der Waals surface area (Å²) in [5.74, 6) is 3.29. The van der Waals surface area contributed by atoms with E-state index in [2.05, 4.69) is 56.3 Å². The second-order valence-corrected chi connectivity index (χ2v) is 6.53. The Morgan fingerprint density at radius 2 is 1.50 bits per heavy atom. The van der Waals surface area contributed by atoms with Crippen LogP contribution in [0.2, 0.25) is 5.82 Å². The molecular formula is C15H33B. The summed E-state index contributed by atoms with van der Waals surface area (Å²) < 4.78 is 0. The van der Waals surface area contributed by atoms with Crippen LogP contribution in [0.25, 0.3) is 0 Å². The van der Waals surface area contributed by atoms with Crippen LogP contribution >= 0.6 is 0 Å². The predicted molar refractivity (Wildman–Crippen MR) is 78.8 cm³/mol. The van der Waals surface area contributed by atoms with Crippen LogP contribution in [0.4, 0.5) is 0 Å². The van der Waals surface area contributed by atoms with Gasteiger partial charge in [0.25, 0.3) is 0 Å². The second kappa shape index (κ2) is 6.72. The SMILES string of the molecule is BC(C)C(C)C(CC)(CC(C)C)C(C)CC. The van der Waals surface area contributed by atoms with Gasteiger partial charge in [-0.1, -0.05) is 60.7 Å². The summed E-state index contributed by atoms with van der Waals surface area (Å²) in [7, 11) is 2.39. The molecule has 0 heterocycles. The zero-order valence-electron chi connectivity index (χ0n) is 12.9. The van der Waals surface area contributed by atoms with Gasteiger partial charge >= 0.3 is 0 Å². The molecule has 0 rings (SSSR count). The molecule has 0 aromatic heterocycles. The molecular weight excluding hydrogens is 191 g/mol. The third-order valence-corrected chi connectivity index (χ3v) is 4.95. The molecule has 0 aromatic rings. The van der Waals surface area contributed by atoms with Crippen molar-refractivity contribution >= 4 is 7.85 Å². The molecule has 4 unspecified atom stereocenters. The fourth-order valence-electron chi connectivity index (χ4n) is 3.48. The van der Waals surface area contributed by atoms with Crippen molar-refractivity contribution in [2.24, 2.45) is 23.2 Å². The maximum atomic E-state index is 2.47. The zero-order chi connectivity index (χ0) is 12.9. The predicted octanol–water partition coefficient (Wildman–Crippen LogP) is 4.55. The lowest BCUT2D eigenvalue weighted by atomic mass is 9.55. The first kappa shape index (κ1) is 16.1. The van der Waals surface area contributed by atoms with Gasteiger partial charge in [0.15, 0.2) is 0 Å². The highest BCUT2D eigenvalue weighted by Crippen LogP contribution is 2.49. The summed E-state index contributed by atoms with van der Waals surface area (Å²) in [6.45, 7) is 16.8. The topological polar surface area (TPSA) is 0 Å². The van der Waals surface area contributed by atoms with Gasteiger partial charge in [0.05, 0.1) is 0 Å². The van der Waals surface area contributed by atoms with Crippen molar-refractivity contribution in [3.8, 4) is 0 Å². The van der Waals surface area contributed by atoms with E-state index in [1.165, 1.54) is 19.3 Å². The Hall–Kier alpha value is 0.0649. The lowest BCUT2D eigenvalue weighted by Crippen LogP contribution is -2.38.